The van der Waals surface area contributed by atoms with Crippen LogP contribution in [-0.2, 0) is 9.59 Å². The van der Waals surface area contributed by atoms with E-state index < -0.39 is 5.97 Å². The summed E-state index contributed by atoms with van der Waals surface area (Å²) in [5.74, 6) is -0.901. The van der Waals surface area contributed by atoms with E-state index in [0.717, 1.165) is 4.88 Å². The molecule has 1 aromatic heterocycles. The van der Waals surface area contributed by atoms with Crippen LogP contribution in [0.1, 0.15) is 36.4 Å². The molecule has 0 aliphatic carbocycles. The summed E-state index contributed by atoms with van der Waals surface area (Å²) in [7, 11) is 0. The molecule has 1 rings (SSSR count). The van der Waals surface area contributed by atoms with E-state index in [2.05, 4.69) is 0 Å². The van der Waals surface area contributed by atoms with Gasteiger partial charge >= 0.3 is 5.97 Å². The number of thiophene rings is 1. The lowest BCUT2D eigenvalue weighted by molar-refractivity contribution is -0.138. The van der Waals surface area contributed by atoms with Gasteiger partial charge in [-0.3, -0.25) is 9.59 Å². The number of carboxylic acid groups (broad SMARTS) is 1. The SMILES string of the molecule is Cc1ccc(/C=C/C(=O)N(CCCC(=O)O)C(C)C)s1. The summed E-state index contributed by atoms with van der Waals surface area (Å²) in [5.41, 5.74) is 0. The van der Waals surface area contributed by atoms with Gasteiger partial charge in [-0.05, 0) is 45.4 Å². The van der Waals surface area contributed by atoms with Crippen molar-refractivity contribution in [3.8, 4) is 0 Å². The van der Waals surface area contributed by atoms with Crippen LogP contribution in [0.5, 0.6) is 0 Å². The Hall–Kier alpha value is -1.62. The molecule has 1 aromatic rings. The fraction of sp³-hybridized carbons (Fsp3) is 0.467. The van der Waals surface area contributed by atoms with E-state index in [1.807, 2.05) is 39.0 Å². The zero-order valence-corrected chi connectivity index (χ0v) is 12.9. The number of amides is 1. The van der Waals surface area contributed by atoms with Crippen LogP contribution in [0.4, 0.5) is 0 Å². The molecule has 0 bridgehead atoms. The first kappa shape index (κ1) is 16.4. The van der Waals surface area contributed by atoms with Gasteiger partial charge in [0.2, 0.25) is 5.91 Å². The van der Waals surface area contributed by atoms with E-state index in [4.69, 9.17) is 5.11 Å². The maximum Gasteiger partial charge on any atom is 0.303 e. The molecule has 0 aromatic carbocycles. The predicted molar refractivity (Wildman–Crippen MR) is 81.8 cm³/mol. The summed E-state index contributed by atoms with van der Waals surface area (Å²) < 4.78 is 0. The number of hydrogen-bond acceptors (Lipinski definition) is 3. The second kappa shape index (κ2) is 7.85. The minimum absolute atomic E-state index is 0.0611. The average Bonchev–Trinajstić information content (AvgIpc) is 2.77. The average molecular weight is 295 g/mol. The molecule has 4 nitrogen and oxygen atoms in total. The Bertz CT molecular complexity index is 491. The third-order valence-corrected chi connectivity index (χ3v) is 3.81. The van der Waals surface area contributed by atoms with E-state index >= 15 is 0 Å². The van der Waals surface area contributed by atoms with Crippen molar-refractivity contribution in [3.63, 3.8) is 0 Å². The van der Waals surface area contributed by atoms with Crippen molar-refractivity contribution in [2.45, 2.75) is 39.7 Å². The van der Waals surface area contributed by atoms with Crippen LogP contribution in [0.2, 0.25) is 0 Å². The second-order valence-corrected chi connectivity index (χ2v) is 6.22. The third kappa shape index (κ3) is 5.57. The lowest BCUT2D eigenvalue weighted by atomic mass is 10.2. The summed E-state index contributed by atoms with van der Waals surface area (Å²) in [6, 6.07) is 4.06. The van der Waals surface area contributed by atoms with Crippen molar-refractivity contribution in [1.82, 2.24) is 4.90 Å². The normalized spacial score (nSPS) is 11.2. The highest BCUT2D eigenvalue weighted by molar-refractivity contribution is 7.12. The summed E-state index contributed by atoms with van der Waals surface area (Å²) in [6.45, 7) is 6.36. The number of nitrogens with zero attached hydrogens (tertiary/aromatic N) is 1. The molecule has 0 aliphatic heterocycles. The Kier molecular flexibility index (Phi) is 6.45. The van der Waals surface area contributed by atoms with Crippen LogP contribution in [0.15, 0.2) is 18.2 Å². The van der Waals surface area contributed by atoms with Crippen molar-refractivity contribution < 1.29 is 14.7 Å². The van der Waals surface area contributed by atoms with Crippen molar-refractivity contribution in [3.05, 3.63) is 28.0 Å². The number of carboxylic acids is 1. The summed E-state index contributed by atoms with van der Waals surface area (Å²) in [6.07, 6.45) is 3.94. The summed E-state index contributed by atoms with van der Waals surface area (Å²) in [4.78, 5) is 26.6. The number of aliphatic carboxylic acids is 1. The van der Waals surface area contributed by atoms with Crippen LogP contribution >= 0.6 is 11.3 Å². The molecule has 20 heavy (non-hydrogen) atoms. The van der Waals surface area contributed by atoms with Crippen molar-refractivity contribution >= 4 is 29.3 Å². The van der Waals surface area contributed by atoms with Crippen LogP contribution in [0.3, 0.4) is 0 Å². The largest absolute Gasteiger partial charge is 0.481 e. The van der Waals surface area contributed by atoms with Gasteiger partial charge in [0.15, 0.2) is 0 Å². The Morgan fingerprint density at radius 2 is 2.10 bits per heavy atom. The Morgan fingerprint density at radius 1 is 1.40 bits per heavy atom. The molecular formula is C15H21NO3S. The predicted octanol–water partition coefficient (Wildman–Crippen LogP) is 3.17. The highest BCUT2D eigenvalue weighted by Gasteiger charge is 2.14. The van der Waals surface area contributed by atoms with Crippen molar-refractivity contribution in [1.29, 1.82) is 0 Å². The van der Waals surface area contributed by atoms with Crippen LogP contribution in [0, 0.1) is 6.92 Å². The molecule has 0 radical (unpaired) electrons. The van der Waals surface area contributed by atoms with Crippen LogP contribution in [0.25, 0.3) is 6.08 Å². The maximum absolute atomic E-state index is 12.1. The molecule has 0 saturated heterocycles. The lowest BCUT2D eigenvalue weighted by Gasteiger charge is -2.25. The molecule has 1 amide bonds. The van der Waals surface area contributed by atoms with Gasteiger partial charge < -0.3 is 10.0 Å². The first-order chi connectivity index (χ1) is 9.40. The van der Waals surface area contributed by atoms with Gasteiger partial charge in [-0.2, -0.15) is 0 Å². The molecule has 5 heteroatoms. The van der Waals surface area contributed by atoms with Gasteiger partial charge in [0.25, 0.3) is 0 Å². The molecule has 0 spiro atoms. The molecule has 1 N–H and O–H groups in total. The molecule has 0 unspecified atom stereocenters. The Labute approximate surface area is 123 Å². The number of rotatable bonds is 7. The fourth-order valence-electron chi connectivity index (χ4n) is 1.82. The highest BCUT2D eigenvalue weighted by atomic mass is 32.1. The maximum atomic E-state index is 12.1. The van der Waals surface area contributed by atoms with Crippen molar-refractivity contribution in [2.75, 3.05) is 6.54 Å². The van der Waals surface area contributed by atoms with E-state index in [-0.39, 0.29) is 18.4 Å². The molecule has 0 saturated carbocycles. The van der Waals surface area contributed by atoms with Crippen LogP contribution < -0.4 is 0 Å². The molecule has 0 aliphatic rings. The zero-order valence-electron chi connectivity index (χ0n) is 12.1. The van der Waals surface area contributed by atoms with E-state index in [0.29, 0.717) is 13.0 Å². The lowest BCUT2D eigenvalue weighted by Crippen LogP contribution is -2.36. The number of carbonyl (C=O) groups is 2. The zero-order chi connectivity index (χ0) is 15.1. The summed E-state index contributed by atoms with van der Waals surface area (Å²) >= 11 is 1.64. The van der Waals surface area contributed by atoms with Gasteiger partial charge in [0.05, 0.1) is 0 Å². The Morgan fingerprint density at radius 3 is 2.60 bits per heavy atom. The number of hydrogen-bond donors (Lipinski definition) is 1. The molecular weight excluding hydrogens is 274 g/mol. The first-order valence-corrected chi connectivity index (χ1v) is 7.48. The summed E-state index contributed by atoms with van der Waals surface area (Å²) in [5, 5.41) is 8.64. The smallest absolute Gasteiger partial charge is 0.303 e. The number of aryl methyl sites for hydroxylation is 1. The second-order valence-electron chi connectivity index (χ2n) is 4.90. The van der Waals surface area contributed by atoms with E-state index in [1.165, 1.54) is 4.88 Å². The fourth-order valence-corrected chi connectivity index (χ4v) is 2.60. The minimum atomic E-state index is -0.828. The molecule has 0 atom stereocenters. The molecule has 1 heterocycles. The number of carbonyl (C=O) groups excluding carboxylic acids is 1. The van der Waals surface area contributed by atoms with E-state index in [1.54, 1.807) is 22.3 Å². The van der Waals surface area contributed by atoms with Gasteiger partial charge in [-0.1, -0.05) is 0 Å². The monoisotopic (exact) mass is 295 g/mol. The van der Waals surface area contributed by atoms with Gasteiger partial charge in [0.1, 0.15) is 0 Å². The quantitative estimate of drug-likeness (QED) is 0.786. The topological polar surface area (TPSA) is 57.6 Å². The van der Waals surface area contributed by atoms with Crippen molar-refractivity contribution in [2.24, 2.45) is 0 Å². The molecule has 0 fully saturated rings. The first-order valence-electron chi connectivity index (χ1n) is 6.67. The highest BCUT2D eigenvalue weighted by Crippen LogP contribution is 2.16. The van der Waals surface area contributed by atoms with Crippen LogP contribution in [-0.4, -0.2) is 34.5 Å². The standard InChI is InChI=1S/C15H21NO3S/c1-11(2)16(10-4-5-15(18)19)14(17)9-8-13-7-6-12(3)20-13/h6-9,11H,4-5,10H2,1-3H3,(H,18,19)/b9-8+. The molecule has 110 valence electrons. The van der Waals surface area contributed by atoms with Gasteiger partial charge in [-0.25, -0.2) is 0 Å². The van der Waals surface area contributed by atoms with E-state index in [9.17, 15) is 9.59 Å². The Balaban J connectivity index is 2.59. The van der Waals surface area contributed by atoms with Gasteiger partial charge in [-0.15, -0.1) is 11.3 Å². The third-order valence-electron chi connectivity index (χ3n) is 2.85. The van der Waals surface area contributed by atoms with Gasteiger partial charge in [0, 0.05) is 34.8 Å². The minimum Gasteiger partial charge on any atom is -0.481 e.